The predicted octanol–water partition coefficient (Wildman–Crippen LogP) is 3.43. The van der Waals surface area contributed by atoms with Gasteiger partial charge in [0.1, 0.15) is 0 Å². The van der Waals surface area contributed by atoms with Crippen molar-refractivity contribution >= 4 is 16.3 Å². The van der Waals surface area contributed by atoms with Gasteiger partial charge in [-0.05, 0) is 31.6 Å². The highest BCUT2D eigenvalue weighted by atomic mass is 32.2. The Morgan fingerprint density at radius 2 is 1.54 bits per heavy atom. The van der Waals surface area contributed by atoms with E-state index < -0.39 is 27.9 Å². The summed E-state index contributed by atoms with van der Waals surface area (Å²) < 4.78 is 66.8. The molecule has 0 radical (unpaired) electrons. The fourth-order valence-corrected chi connectivity index (χ4v) is 3.11. The van der Waals surface area contributed by atoms with Gasteiger partial charge in [0, 0.05) is 7.05 Å². The zero-order valence-electron chi connectivity index (χ0n) is 16.0. The topological polar surface area (TPSA) is 81.7 Å². The maximum Gasteiger partial charge on any atom is 0.404 e. The third kappa shape index (κ3) is 7.40. The predicted molar refractivity (Wildman–Crippen MR) is 91.5 cm³/mol. The molecule has 0 aromatic heterocycles. The molecule has 2 aliphatic rings. The van der Waals surface area contributed by atoms with Crippen LogP contribution in [-0.2, 0) is 24.0 Å². The smallest absolute Gasteiger partial charge is 0.404 e. The second kappa shape index (κ2) is 10.5. The molecule has 2 saturated carbocycles. The molecule has 2 fully saturated rings. The number of fused-ring (bicyclic) bond motifs is 2. The Morgan fingerprint density at radius 3 is 1.62 bits per heavy atom. The Morgan fingerprint density at radius 1 is 1.12 bits per heavy atom. The molecule has 0 spiro atoms. The molecule has 10 heteroatoms. The van der Waals surface area contributed by atoms with Crippen LogP contribution in [0.1, 0.15) is 52.4 Å². The summed E-state index contributed by atoms with van der Waals surface area (Å²) in [6, 6.07) is 0. The largest absolute Gasteiger partial charge is 0.468 e. The molecule has 0 aromatic rings. The van der Waals surface area contributed by atoms with Gasteiger partial charge in [-0.2, -0.15) is 26.3 Å². The number of ether oxygens (including phenoxy) is 1. The van der Waals surface area contributed by atoms with Gasteiger partial charge in [-0.3, -0.25) is 8.98 Å². The summed E-state index contributed by atoms with van der Waals surface area (Å²) in [6.07, 6.45) is 2.96. The molecular formula is C16H30F3NO5S. The highest BCUT2D eigenvalue weighted by Gasteiger charge is 2.56. The maximum atomic E-state index is 12.2. The van der Waals surface area contributed by atoms with Crippen LogP contribution in [0, 0.1) is 17.3 Å². The van der Waals surface area contributed by atoms with Crippen LogP contribution in [0.3, 0.4) is 0 Å². The third-order valence-corrected chi connectivity index (χ3v) is 6.01. The van der Waals surface area contributed by atoms with Crippen LogP contribution >= 0.6 is 0 Å². The minimum absolute atomic E-state index is 0.316. The van der Waals surface area contributed by atoms with Crippen molar-refractivity contribution in [3.63, 3.8) is 0 Å². The van der Waals surface area contributed by atoms with Crippen LogP contribution in [0.4, 0.5) is 13.2 Å². The zero-order chi connectivity index (χ0) is 20.6. The SMILES string of the molecule is C1CC2CCC1C2.CCC(C)(C(=O)OC)C(F)(F)F.CNS(=O)(=O)OC. The number of nitrogens with one attached hydrogen (secondary N) is 1. The van der Waals surface area contributed by atoms with E-state index in [1.807, 2.05) is 4.72 Å². The molecule has 2 rings (SSSR count). The van der Waals surface area contributed by atoms with Crippen molar-refractivity contribution in [3.8, 4) is 0 Å². The first-order valence-electron chi connectivity index (χ1n) is 8.51. The van der Waals surface area contributed by atoms with Crippen LogP contribution in [0.25, 0.3) is 0 Å². The van der Waals surface area contributed by atoms with Crippen molar-refractivity contribution in [3.05, 3.63) is 0 Å². The first-order valence-corrected chi connectivity index (χ1v) is 9.91. The summed E-state index contributed by atoms with van der Waals surface area (Å²) in [5, 5.41) is 0. The molecule has 0 saturated heterocycles. The van der Waals surface area contributed by atoms with Crippen LogP contribution in [-0.4, -0.2) is 41.8 Å². The Hall–Kier alpha value is -0.870. The molecule has 2 bridgehead atoms. The van der Waals surface area contributed by atoms with E-state index in [4.69, 9.17) is 0 Å². The number of rotatable bonds is 4. The molecule has 6 nitrogen and oxygen atoms in total. The third-order valence-electron chi connectivity index (χ3n) is 5.07. The number of carbonyl (C=O) groups excluding carboxylic acids is 1. The molecule has 0 aliphatic heterocycles. The van der Waals surface area contributed by atoms with Crippen molar-refractivity contribution in [1.82, 2.24) is 4.72 Å². The molecule has 2 aliphatic carbocycles. The number of hydrogen-bond donors (Lipinski definition) is 1. The highest BCUT2D eigenvalue weighted by Crippen LogP contribution is 2.44. The first-order chi connectivity index (χ1) is 11.9. The molecule has 1 atom stereocenters. The highest BCUT2D eigenvalue weighted by molar-refractivity contribution is 7.84. The lowest BCUT2D eigenvalue weighted by Gasteiger charge is -2.27. The molecule has 0 aromatic carbocycles. The Kier molecular flexibility index (Phi) is 10.1. The zero-order valence-corrected chi connectivity index (χ0v) is 16.8. The summed E-state index contributed by atoms with van der Waals surface area (Å²) in [7, 11) is -0.0953. The molecule has 0 amide bonds. The number of halogens is 3. The number of hydrogen-bond acceptors (Lipinski definition) is 5. The molecule has 26 heavy (non-hydrogen) atoms. The van der Waals surface area contributed by atoms with Gasteiger partial charge in [0.05, 0.1) is 14.2 Å². The Labute approximate surface area is 154 Å². The lowest BCUT2D eigenvalue weighted by Crippen LogP contribution is -2.42. The normalized spacial score (nSPS) is 23.8. The van der Waals surface area contributed by atoms with E-state index in [0.717, 1.165) is 21.1 Å². The van der Waals surface area contributed by atoms with Gasteiger partial charge in [0.15, 0.2) is 5.41 Å². The quantitative estimate of drug-likeness (QED) is 0.725. The fraction of sp³-hybridized carbons (Fsp3) is 0.938. The van der Waals surface area contributed by atoms with Crippen LogP contribution in [0.2, 0.25) is 0 Å². The van der Waals surface area contributed by atoms with E-state index in [1.165, 1.54) is 25.8 Å². The van der Waals surface area contributed by atoms with Gasteiger partial charge < -0.3 is 4.74 Å². The molecular weight excluding hydrogens is 375 g/mol. The summed E-state index contributed by atoms with van der Waals surface area (Å²) in [4.78, 5) is 10.8. The molecule has 0 heterocycles. The van der Waals surface area contributed by atoms with E-state index in [9.17, 15) is 26.4 Å². The van der Waals surface area contributed by atoms with E-state index in [-0.39, 0.29) is 6.42 Å². The fourth-order valence-electron chi connectivity index (χ4n) is 2.94. The molecule has 1 unspecified atom stereocenters. The van der Waals surface area contributed by atoms with Crippen molar-refractivity contribution in [2.24, 2.45) is 17.3 Å². The van der Waals surface area contributed by atoms with Crippen LogP contribution < -0.4 is 4.72 Å². The van der Waals surface area contributed by atoms with Crippen LogP contribution in [0.15, 0.2) is 0 Å². The standard InChI is InChI=1S/C7H11F3O2.C7H12.C2H7NO3S/c1-4-6(2,5(11)12-3)7(8,9)10;1-2-7-4-3-6(1)5-7;1-3-7(4,5)6-2/h4H2,1-3H3;6-7H,1-5H2;3H,1-2H3. The van der Waals surface area contributed by atoms with Crippen molar-refractivity contribution in [2.75, 3.05) is 21.3 Å². The van der Waals surface area contributed by atoms with E-state index >= 15 is 0 Å². The van der Waals surface area contributed by atoms with Crippen molar-refractivity contribution in [2.45, 2.75) is 58.5 Å². The second-order valence-electron chi connectivity index (χ2n) is 6.62. The summed E-state index contributed by atoms with van der Waals surface area (Å²) >= 11 is 0. The van der Waals surface area contributed by atoms with Gasteiger partial charge in [0.25, 0.3) is 0 Å². The average Bonchev–Trinajstić information content (AvgIpc) is 3.26. The van der Waals surface area contributed by atoms with Crippen LogP contribution in [0.5, 0.6) is 0 Å². The number of carbonyl (C=O) groups is 1. The lowest BCUT2D eigenvalue weighted by molar-refractivity contribution is -0.229. The van der Waals surface area contributed by atoms with E-state index in [2.05, 4.69) is 8.92 Å². The second-order valence-corrected chi connectivity index (χ2v) is 8.27. The summed E-state index contributed by atoms with van der Waals surface area (Å²) in [6.45, 7) is 2.13. The Bertz CT molecular complexity index is 510. The number of methoxy groups -OCH3 is 1. The summed E-state index contributed by atoms with van der Waals surface area (Å²) in [5.41, 5.74) is -2.37. The Balaban J connectivity index is 0.000000381. The number of esters is 1. The van der Waals surface area contributed by atoms with Crippen molar-refractivity contribution < 1.29 is 35.3 Å². The monoisotopic (exact) mass is 405 g/mol. The number of alkyl halides is 3. The van der Waals surface area contributed by atoms with Gasteiger partial charge >= 0.3 is 22.4 Å². The van der Waals surface area contributed by atoms with E-state index in [0.29, 0.717) is 0 Å². The van der Waals surface area contributed by atoms with E-state index in [1.54, 1.807) is 32.1 Å². The van der Waals surface area contributed by atoms with Gasteiger partial charge in [0.2, 0.25) is 0 Å². The van der Waals surface area contributed by atoms with Gasteiger partial charge in [-0.25, -0.2) is 0 Å². The van der Waals surface area contributed by atoms with Gasteiger partial charge in [-0.1, -0.05) is 32.6 Å². The maximum absolute atomic E-state index is 12.2. The molecule has 1 N–H and O–H groups in total. The van der Waals surface area contributed by atoms with Crippen molar-refractivity contribution in [1.29, 1.82) is 0 Å². The van der Waals surface area contributed by atoms with Gasteiger partial charge in [-0.15, -0.1) is 0 Å². The summed E-state index contributed by atoms with van der Waals surface area (Å²) in [5.74, 6) is 1.10. The lowest BCUT2D eigenvalue weighted by atomic mass is 9.87. The minimum Gasteiger partial charge on any atom is -0.468 e. The average molecular weight is 405 g/mol. The minimum atomic E-state index is -4.55. The molecule has 156 valence electrons. The first kappa shape index (κ1) is 25.1.